The number of rotatable bonds is 4. The zero-order valence-electron chi connectivity index (χ0n) is 15.6. The second-order valence-electron chi connectivity index (χ2n) is 6.59. The average Bonchev–Trinajstić information content (AvgIpc) is 2.55. The van der Waals surface area contributed by atoms with Gasteiger partial charge in [0.2, 0.25) is 5.79 Å². The standard InChI is InChI=1S/C20H16F4O5/c1-11-17(18(25)29-19(2,3)27-11)15-9-8-14(10-16(15)21)26-12-4-6-13(7-5-12)28-20(22,23)24/h4-10H,1-3H3. The molecule has 0 aliphatic carbocycles. The molecule has 9 heteroatoms. The SMILES string of the molecule is CC1=C(c2ccc(Oc3ccc(OC(F)(F)F)cc3)cc2F)C(=O)OC(C)(C)O1. The van der Waals surface area contributed by atoms with Crippen LogP contribution in [0.1, 0.15) is 26.3 Å². The molecule has 5 nitrogen and oxygen atoms in total. The highest BCUT2D eigenvalue weighted by atomic mass is 19.4. The van der Waals surface area contributed by atoms with E-state index in [1.54, 1.807) is 13.8 Å². The van der Waals surface area contributed by atoms with E-state index in [1.165, 1.54) is 31.2 Å². The molecule has 0 unspecified atom stereocenters. The summed E-state index contributed by atoms with van der Waals surface area (Å²) in [6, 6.07) is 8.40. The molecule has 1 aliphatic rings. The van der Waals surface area contributed by atoms with Gasteiger partial charge in [0.1, 0.15) is 34.4 Å². The number of allylic oxidation sites excluding steroid dienone is 1. The van der Waals surface area contributed by atoms with Crippen LogP contribution in [0.3, 0.4) is 0 Å². The van der Waals surface area contributed by atoms with Crippen molar-refractivity contribution in [2.45, 2.75) is 32.9 Å². The molecule has 0 aromatic heterocycles. The zero-order valence-corrected chi connectivity index (χ0v) is 15.6. The van der Waals surface area contributed by atoms with Crippen LogP contribution in [-0.4, -0.2) is 18.1 Å². The molecule has 29 heavy (non-hydrogen) atoms. The number of ether oxygens (including phenoxy) is 4. The van der Waals surface area contributed by atoms with Crippen LogP contribution < -0.4 is 9.47 Å². The Kier molecular flexibility index (Phi) is 5.16. The predicted octanol–water partition coefficient (Wildman–Crippen LogP) is 5.56. The maximum Gasteiger partial charge on any atom is 0.573 e. The monoisotopic (exact) mass is 412 g/mol. The Morgan fingerprint density at radius 3 is 2.07 bits per heavy atom. The number of halogens is 4. The molecular formula is C20H16F4O5. The number of cyclic esters (lactones) is 1. The van der Waals surface area contributed by atoms with E-state index in [-0.39, 0.29) is 28.4 Å². The number of benzene rings is 2. The van der Waals surface area contributed by atoms with Gasteiger partial charge in [0.15, 0.2) is 0 Å². The molecule has 3 rings (SSSR count). The van der Waals surface area contributed by atoms with Gasteiger partial charge in [-0.15, -0.1) is 13.2 Å². The van der Waals surface area contributed by atoms with Crippen molar-refractivity contribution in [2.75, 3.05) is 0 Å². The maximum absolute atomic E-state index is 14.6. The lowest BCUT2D eigenvalue weighted by molar-refractivity contribution is -0.274. The van der Waals surface area contributed by atoms with Gasteiger partial charge >= 0.3 is 12.3 Å². The first-order valence-corrected chi connectivity index (χ1v) is 8.40. The number of carbonyl (C=O) groups excluding carboxylic acids is 1. The van der Waals surface area contributed by atoms with E-state index in [1.807, 2.05) is 0 Å². The summed E-state index contributed by atoms with van der Waals surface area (Å²) in [7, 11) is 0. The largest absolute Gasteiger partial charge is 0.573 e. The van der Waals surface area contributed by atoms with E-state index < -0.39 is 29.7 Å². The minimum atomic E-state index is -4.80. The first-order chi connectivity index (χ1) is 13.4. The minimum absolute atomic E-state index is 0.0238. The number of alkyl halides is 3. The van der Waals surface area contributed by atoms with Crippen molar-refractivity contribution in [3.63, 3.8) is 0 Å². The van der Waals surface area contributed by atoms with Crippen LogP contribution in [0.15, 0.2) is 48.2 Å². The van der Waals surface area contributed by atoms with Crippen LogP contribution in [0, 0.1) is 5.82 Å². The van der Waals surface area contributed by atoms with Gasteiger partial charge in [-0.2, -0.15) is 0 Å². The molecule has 1 aliphatic heterocycles. The topological polar surface area (TPSA) is 54.0 Å². The van der Waals surface area contributed by atoms with Crippen LogP contribution in [0.2, 0.25) is 0 Å². The van der Waals surface area contributed by atoms with Crippen molar-refractivity contribution in [3.05, 3.63) is 59.6 Å². The van der Waals surface area contributed by atoms with Crippen molar-refractivity contribution in [2.24, 2.45) is 0 Å². The molecule has 154 valence electrons. The van der Waals surface area contributed by atoms with E-state index >= 15 is 0 Å². The minimum Gasteiger partial charge on any atom is -0.457 e. The summed E-state index contributed by atoms with van der Waals surface area (Å²) in [5, 5.41) is 0. The molecule has 0 N–H and O–H groups in total. The summed E-state index contributed by atoms with van der Waals surface area (Å²) in [4.78, 5) is 12.2. The molecular weight excluding hydrogens is 396 g/mol. The van der Waals surface area contributed by atoms with Gasteiger partial charge in [0, 0.05) is 25.5 Å². The van der Waals surface area contributed by atoms with Gasteiger partial charge in [-0.05, 0) is 43.3 Å². The maximum atomic E-state index is 14.6. The highest BCUT2D eigenvalue weighted by Gasteiger charge is 2.36. The highest BCUT2D eigenvalue weighted by molar-refractivity contribution is 6.17. The van der Waals surface area contributed by atoms with Crippen LogP contribution >= 0.6 is 0 Å². The molecule has 0 fully saturated rings. The smallest absolute Gasteiger partial charge is 0.457 e. The molecule has 1 heterocycles. The fourth-order valence-corrected chi connectivity index (χ4v) is 2.77. The molecule has 0 saturated heterocycles. The Balaban J connectivity index is 1.79. The average molecular weight is 412 g/mol. The Bertz CT molecular complexity index is 962. The number of hydrogen-bond donors (Lipinski definition) is 0. The lowest BCUT2D eigenvalue weighted by Crippen LogP contribution is -2.36. The van der Waals surface area contributed by atoms with E-state index in [9.17, 15) is 22.4 Å². The normalized spacial score (nSPS) is 16.2. The third-order valence-corrected chi connectivity index (χ3v) is 3.80. The van der Waals surface area contributed by atoms with Crippen LogP contribution in [0.5, 0.6) is 17.2 Å². The molecule has 0 bridgehead atoms. The van der Waals surface area contributed by atoms with E-state index in [4.69, 9.17) is 14.2 Å². The number of esters is 1. The molecule has 0 saturated carbocycles. The lowest BCUT2D eigenvalue weighted by atomic mass is 10.0. The zero-order chi connectivity index (χ0) is 21.4. The first-order valence-electron chi connectivity index (χ1n) is 8.40. The van der Waals surface area contributed by atoms with Gasteiger partial charge < -0.3 is 18.9 Å². The first kappa shape index (κ1) is 20.5. The van der Waals surface area contributed by atoms with Crippen LogP contribution in [-0.2, 0) is 14.3 Å². The van der Waals surface area contributed by atoms with Crippen LogP contribution in [0.25, 0.3) is 5.57 Å². The predicted molar refractivity (Wildman–Crippen MR) is 93.4 cm³/mol. The highest BCUT2D eigenvalue weighted by Crippen LogP contribution is 2.35. The number of carbonyl (C=O) groups is 1. The third-order valence-electron chi connectivity index (χ3n) is 3.80. The van der Waals surface area contributed by atoms with Crippen molar-refractivity contribution in [1.82, 2.24) is 0 Å². The van der Waals surface area contributed by atoms with Gasteiger partial charge in [-0.3, -0.25) is 0 Å². The third kappa shape index (κ3) is 4.98. The summed E-state index contributed by atoms with van der Waals surface area (Å²) >= 11 is 0. The molecule has 0 atom stereocenters. The fourth-order valence-electron chi connectivity index (χ4n) is 2.77. The van der Waals surface area contributed by atoms with Crippen molar-refractivity contribution >= 4 is 11.5 Å². The summed E-state index contributed by atoms with van der Waals surface area (Å²) in [5.74, 6) is -2.55. The quantitative estimate of drug-likeness (QED) is 0.486. The Hall–Kier alpha value is -3.23. The Morgan fingerprint density at radius 2 is 1.52 bits per heavy atom. The molecule has 0 spiro atoms. The van der Waals surface area contributed by atoms with Gasteiger partial charge in [-0.25, -0.2) is 9.18 Å². The Labute approximate surface area is 163 Å². The van der Waals surface area contributed by atoms with Gasteiger partial charge in [0.25, 0.3) is 0 Å². The summed E-state index contributed by atoms with van der Waals surface area (Å²) in [5.41, 5.74) is -0.0636. The van der Waals surface area contributed by atoms with Crippen LogP contribution in [0.4, 0.5) is 17.6 Å². The second-order valence-corrected chi connectivity index (χ2v) is 6.59. The second kappa shape index (κ2) is 7.31. The fraction of sp³-hybridized carbons (Fsp3) is 0.250. The Morgan fingerprint density at radius 1 is 0.931 bits per heavy atom. The molecule has 2 aromatic rings. The lowest BCUT2D eigenvalue weighted by Gasteiger charge is -2.32. The summed E-state index contributed by atoms with van der Waals surface area (Å²) in [6.45, 7) is 4.65. The molecule has 0 amide bonds. The van der Waals surface area contributed by atoms with Crippen molar-refractivity contribution in [3.8, 4) is 17.2 Å². The van der Waals surface area contributed by atoms with Gasteiger partial charge in [-0.1, -0.05) is 0 Å². The molecule has 2 aromatic carbocycles. The van der Waals surface area contributed by atoms with E-state index in [0.717, 1.165) is 18.2 Å². The van der Waals surface area contributed by atoms with E-state index in [0.29, 0.717) is 0 Å². The summed E-state index contributed by atoms with van der Waals surface area (Å²) < 4.78 is 71.0. The van der Waals surface area contributed by atoms with Crippen molar-refractivity contribution < 1.29 is 41.3 Å². The molecule has 0 radical (unpaired) electrons. The van der Waals surface area contributed by atoms with Gasteiger partial charge in [0.05, 0.1) is 0 Å². The summed E-state index contributed by atoms with van der Waals surface area (Å²) in [6.07, 6.45) is -4.80. The number of hydrogen-bond acceptors (Lipinski definition) is 5. The van der Waals surface area contributed by atoms with E-state index in [2.05, 4.69) is 4.74 Å². The van der Waals surface area contributed by atoms with Crippen molar-refractivity contribution in [1.29, 1.82) is 0 Å².